The Hall–Kier alpha value is -10.3. The van der Waals surface area contributed by atoms with E-state index in [1.807, 2.05) is 137 Å². The molecule has 0 atom stereocenters. The van der Waals surface area contributed by atoms with Gasteiger partial charge >= 0.3 is 12.4 Å². The molecule has 0 saturated heterocycles. The van der Waals surface area contributed by atoms with Crippen molar-refractivity contribution in [3.05, 3.63) is 259 Å². The Labute approximate surface area is 452 Å². The Morgan fingerprint density at radius 2 is 0.675 bits per heavy atom. The molecule has 5 nitrogen and oxygen atoms in total. The van der Waals surface area contributed by atoms with Gasteiger partial charge in [-0.1, -0.05) is 140 Å². The van der Waals surface area contributed by atoms with Crippen molar-refractivity contribution in [2.45, 2.75) is 12.4 Å². The highest BCUT2D eigenvalue weighted by Gasteiger charge is 2.39. The molecule has 0 unspecified atom stereocenters. The van der Waals surface area contributed by atoms with E-state index in [2.05, 4.69) is 80.7 Å². The van der Waals surface area contributed by atoms with Crippen molar-refractivity contribution < 1.29 is 26.3 Å². The van der Waals surface area contributed by atoms with Crippen LogP contribution in [-0.2, 0) is 12.4 Å². The van der Waals surface area contributed by atoms with Gasteiger partial charge in [0.25, 0.3) is 0 Å². The molecule has 4 heterocycles. The molecule has 0 aliphatic rings. The molecule has 0 saturated carbocycles. The van der Waals surface area contributed by atoms with E-state index in [-0.39, 0.29) is 22.9 Å². The summed E-state index contributed by atoms with van der Waals surface area (Å²) in [4.78, 5) is 4.12. The van der Waals surface area contributed by atoms with Crippen molar-refractivity contribution >= 4 is 92.9 Å². The van der Waals surface area contributed by atoms with Crippen LogP contribution in [0.15, 0.2) is 237 Å². The van der Waals surface area contributed by atoms with Gasteiger partial charge in [-0.2, -0.15) is 26.3 Å². The fraction of sp³-hybridized carbons (Fsp3) is 0.0290. The van der Waals surface area contributed by atoms with E-state index in [0.29, 0.717) is 28.5 Å². The zero-order valence-corrected chi connectivity index (χ0v) is 42.0. The third-order valence-corrected chi connectivity index (χ3v) is 15.8. The van der Waals surface area contributed by atoms with Crippen LogP contribution >= 0.6 is 0 Å². The molecular weight excluding hydrogens is 1010 g/mol. The van der Waals surface area contributed by atoms with Crippen molar-refractivity contribution in [2.24, 2.45) is 0 Å². The lowest BCUT2D eigenvalue weighted by Gasteiger charge is -2.24. The first-order valence-corrected chi connectivity index (χ1v) is 25.9. The summed E-state index contributed by atoms with van der Waals surface area (Å²) in [7, 11) is 0. The summed E-state index contributed by atoms with van der Waals surface area (Å²) in [6, 6.07) is 73.1. The molecule has 0 amide bonds. The number of alkyl halides is 6. The summed E-state index contributed by atoms with van der Waals surface area (Å²) in [5.74, 6) is 0. The lowest BCUT2D eigenvalue weighted by Crippen LogP contribution is -2.12. The molecular formula is C69H39F6N5. The maximum atomic E-state index is 15.7. The second kappa shape index (κ2) is 17.3. The fourth-order valence-electron chi connectivity index (χ4n) is 12.6. The Morgan fingerprint density at radius 1 is 0.300 bits per heavy atom. The highest BCUT2D eigenvalue weighted by atomic mass is 19.4. The maximum absolute atomic E-state index is 15.7. The number of fused-ring (bicyclic) bond motifs is 12. The van der Waals surface area contributed by atoms with Gasteiger partial charge in [0.1, 0.15) is 0 Å². The molecule has 0 bridgehead atoms. The molecule has 80 heavy (non-hydrogen) atoms. The molecule has 0 N–H and O–H groups in total. The summed E-state index contributed by atoms with van der Waals surface area (Å²) in [6.45, 7) is 8.85. The van der Waals surface area contributed by atoms with Gasteiger partial charge < -0.3 is 18.3 Å². The van der Waals surface area contributed by atoms with Crippen LogP contribution in [-0.4, -0.2) is 18.3 Å². The first-order chi connectivity index (χ1) is 39.0. The molecule has 0 spiro atoms. The minimum atomic E-state index is -5.22. The van der Waals surface area contributed by atoms with E-state index >= 15 is 13.2 Å². The molecule has 0 aliphatic heterocycles. The van der Waals surface area contributed by atoms with Crippen molar-refractivity contribution in [3.8, 4) is 45.0 Å². The van der Waals surface area contributed by atoms with E-state index in [0.717, 1.165) is 99.1 Å². The highest BCUT2D eigenvalue weighted by Crippen LogP contribution is 2.51. The first-order valence-electron chi connectivity index (χ1n) is 25.9. The highest BCUT2D eigenvalue weighted by molar-refractivity contribution is 6.16. The predicted octanol–water partition coefficient (Wildman–Crippen LogP) is 20.0. The van der Waals surface area contributed by atoms with Gasteiger partial charge in [0.2, 0.25) is 0 Å². The molecule has 0 fully saturated rings. The van der Waals surface area contributed by atoms with E-state index in [4.69, 9.17) is 6.57 Å². The Balaban J connectivity index is 1.04. The van der Waals surface area contributed by atoms with Crippen LogP contribution < -0.4 is 0 Å². The summed E-state index contributed by atoms with van der Waals surface area (Å²) in [5.41, 5.74) is 7.03. The van der Waals surface area contributed by atoms with Crippen LogP contribution in [0.25, 0.3) is 137 Å². The molecule has 11 aromatic carbocycles. The SMILES string of the molecule is [C-]#[N+]c1cccc(-n2c3ccccc3c3cc(-n4c5ccccc5c5ccccc54)ccc32)c1-c1c(-c2ccc(C(F)(F)F)cc2C(F)(F)F)cccc1-n1c2ccccc2c2cc(-n3c4ccccc4c4ccccc43)ccc21. The van der Waals surface area contributed by atoms with Crippen molar-refractivity contribution in [1.29, 1.82) is 0 Å². The Morgan fingerprint density at radius 3 is 1.09 bits per heavy atom. The molecule has 4 aromatic heterocycles. The van der Waals surface area contributed by atoms with E-state index in [1.165, 1.54) is 6.07 Å². The quantitative estimate of drug-likeness (QED) is 0.117. The standard InChI is InChI=1S/C69H39F6N5/c1-76-55-23-15-31-65(80-61-29-13-7-21-50(61)53-40-43(34-37-63(53)80)78-58-26-10-4-18-47(58)48-19-5-11-27-59(48)78)67(55)66-51(44-35-32-41(68(70,71)72)38-54(44)69(73,74)75)22-14-30-64(66)79-60-28-12-6-20-49(60)52-39-42(33-36-62(52)79)77-56-24-8-2-16-45(56)46-17-3-9-25-57(46)77/h2-40H. The lowest BCUT2D eigenvalue weighted by molar-refractivity contribution is -0.142. The first kappa shape index (κ1) is 46.9. The van der Waals surface area contributed by atoms with Gasteiger partial charge in [0, 0.05) is 71.3 Å². The zero-order valence-electron chi connectivity index (χ0n) is 42.0. The molecule has 0 radical (unpaired) electrons. The number of hydrogen-bond acceptors (Lipinski definition) is 0. The smallest absolute Gasteiger partial charge is 0.310 e. The van der Waals surface area contributed by atoms with Gasteiger partial charge in [-0.25, -0.2) is 4.85 Å². The number of aromatic nitrogens is 4. The Kier molecular flexibility index (Phi) is 10.2. The van der Waals surface area contributed by atoms with Crippen molar-refractivity contribution in [2.75, 3.05) is 0 Å². The minimum Gasteiger partial charge on any atom is -0.310 e. The largest absolute Gasteiger partial charge is 0.417 e. The van der Waals surface area contributed by atoms with Crippen molar-refractivity contribution in [1.82, 2.24) is 18.3 Å². The molecule has 15 rings (SSSR count). The van der Waals surface area contributed by atoms with Crippen LogP contribution in [0.4, 0.5) is 32.0 Å². The number of para-hydroxylation sites is 6. The second-order valence-electron chi connectivity index (χ2n) is 20.1. The van der Waals surface area contributed by atoms with Crippen LogP contribution in [0.5, 0.6) is 0 Å². The van der Waals surface area contributed by atoms with Crippen LogP contribution in [0, 0.1) is 6.57 Å². The van der Waals surface area contributed by atoms with Crippen LogP contribution in [0.3, 0.4) is 0 Å². The molecule has 0 aliphatic carbocycles. The molecule has 15 aromatic rings. The average molecular weight is 1050 g/mol. The lowest BCUT2D eigenvalue weighted by atomic mass is 9.87. The summed E-state index contributed by atoms with van der Waals surface area (Å²) in [5, 5.41) is 7.87. The number of halogens is 6. The normalized spacial score (nSPS) is 12.4. The van der Waals surface area contributed by atoms with Gasteiger partial charge in [-0.05, 0) is 108 Å². The second-order valence-corrected chi connectivity index (χ2v) is 20.1. The maximum Gasteiger partial charge on any atom is 0.417 e. The summed E-state index contributed by atoms with van der Waals surface area (Å²) < 4.78 is 98.8. The molecule has 382 valence electrons. The molecule has 11 heteroatoms. The van der Waals surface area contributed by atoms with Crippen molar-refractivity contribution in [3.63, 3.8) is 0 Å². The van der Waals surface area contributed by atoms with Gasteiger partial charge in [-0.3, -0.25) is 0 Å². The number of nitrogens with zero attached hydrogens (tertiary/aromatic N) is 5. The van der Waals surface area contributed by atoms with Gasteiger partial charge in [-0.15, -0.1) is 0 Å². The average Bonchev–Trinajstić information content (AvgIpc) is 4.24. The predicted molar refractivity (Wildman–Crippen MR) is 311 cm³/mol. The Bertz CT molecular complexity index is 5030. The van der Waals surface area contributed by atoms with Crippen LogP contribution in [0.1, 0.15) is 11.1 Å². The monoisotopic (exact) mass is 1050 g/mol. The van der Waals surface area contributed by atoms with Gasteiger partial charge in [0.05, 0.1) is 67.5 Å². The third-order valence-electron chi connectivity index (χ3n) is 15.8. The van der Waals surface area contributed by atoms with E-state index < -0.39 is 29.0 Å². The fourth-order valence-corrected chi connectivity index (χ4v) is 12.6. The topological polar surface area (TPSA) is 24.1 Å². The van der Waals surface area contributed by atoms with Gasteiger partial charge in [0.15, 0.2) is 5.69 Å². The minimum absolute atomic E-state index is 0.0110. The van der Waals surface area contributed by atoms with Crippen LogP contribution in [0.2, 0.25) is 0 Å². The number of hydrogen-bond donors (Lipinski definition) is 0. The van der Waals surface area contributed by atoms with E-state index in [1.54, 1.807) is 18.2 Å². The van der Waals surface area contributed by atoms with E-state index in [9.17, 15) is 13.2 Å². The summed E-state index contributed by atoms with van der Waals surface area (Å²) >= 11 is 0. The third kappa shape index (κ3) is 6.91. The zero-order chi connectivity index (χ0) is 54.2. The number of rotatable bonds is 6. The number of benzene rings is 11. The summed E-state index contributed by atoms with van der Waals surface area (Å²) in [6.07, 6.45) is -10.3.